The van der Waals surface area contributed by atoms with Crippen molar-refractivity contribution < 1.29 is 14.3 Å². The first-order chi connectivity index (χ1) is 9.66. The second kappa shape index (κ2) is 6.80. The molecule has 1 heterocycles. The van der Waals surface area contributed by atoms with Crippen LogP contribution in [0.15, 0.2) is 48.7 Å². The van der Waals surface area contributed by atoms with Gasteiger partial charge in [-0.25, -0.2) is 4.39 Å². The molecule has 0 bridgehead atoms. The summed E-state index contributed by atoms with van der Waals surface area (Å²) in [7, 11) is 0. The number of carbonyl (C=O) groups is 1. The second-order valence-corrected chi connectivity index (χ2v) is 4.69. The highest BCUT2D eigenvalue weighted by Crippen LogP contribution is 2.17. The van der Waals surface area contributed by atoms with Gasteiger partial charge in [0.25, 0.3) is 0 Å². The van der Waals surface area contributed by atoms with Gasteiger partial charge >= 0.3 is 5.97 Å². The molecule has 2 rings (SSSR count). The van der Waals surface area contributed by atoms with Crippen molar-refractivity contribution in [2.24, 2.45) is 5.92 Å². The summed E-state index contributed by atoms with van der Waals surface area (Å²) in [6.07, 6.45) is 2.91. The van der Waals surface area contributed by atoms with Gasteiger partial charge in [-0.15, -0.1) is 0 Å². The van der Waals surface area contributed by atoms with E-state index >= 15 is 0 Å². The molecule has 104 valence electrons. The first-order valence-electron chi connectivity index (χ1n) is 6.53. The molecular formula is C16H16FNO2. The fourth-order valence-corrected chi connectivity index (χ4v) is 2.11. The largest absolute Gasteiger partial charge is 0.481 e. The minimum absolute atomic E-state index is 0.203. The van der Waals surface area contributed by atoms with Crippen LogP contribution in [-0.4, -0.2) is 16.1 Å². The fraction of sp³-hybridized carbons (Fsp3) is 0.250. The Hall–Kier alpha value is -2.23. The molecule has 1 unspecified atom stereocenters. The number of hydrogen-bond donors (Lipinski definition) is 1. The Labute approximate surface area is 117 Å². The van der Waals surface area contributed by atoms with E-state index in [-0.39, 0.29) is 12.2 Å². The number of carboxylic acid groups (broad SMARTS) is 1. The number of aliphatic carboxylic acids is 1. The van der Waals surface area contributed by atoms with Gasteiger partial charge in [0.2, 0.25) is 0 Å². The predicted octanol–water partition coefficient (Wildman–Crippen LogP) is 3.10. The predicted molar refractivity (Wildman–Crippen MR) is 73.8 cm³/mol. The van der Waals surface area contributed by atoms with Crippen LogP contribution in [0.2, 0.25) is 0 Å². The zero-order valence-corrected chi connectivity index (χ0v) is 11.0. The van der Waals surface area contributed by atoms with Crippen molar-refractivity contribution in [3.8, 4) is 0 Å². The summed E-state index contributed by atoms with van der Waals surface area (Å²) in [6, 6.07) is 11.9. The van der Waals surface area contributed by atoms with Crippen molar-refractivity contribution in [3.63, 3.8) is 0 Å². The molecule has 0 radical (unpaired) electrons. The summed E-state index contributed by atoms with van der Waals surface area (Å²) in [5.41, 5.74) is 1.30. The van der Waals surface area contributed by atoms with Crippen LogP contribution >= 0.6 is 0 Å². The van der Waals surface area contributed by atoms with Gasteiger partial charge in [-0.05, 0) is 43.0 Å². The van der Waals surface area contributed by atoms with E-state index in [9.17, 15) is 14.3 Å². The van der Waals surface area contributed by atoms with Gasteiger partial charge in [0, 0.05) is 11.9 Å². The maximum absolute atomic E-state index is 13.6. The molecule has 0 amide bonds. The van der Waals surface area contributed by atoms with E-state index in [0.717, 1.165) is 5.69 Å². The van der Waals surface area contributed by atoms with E-state index in [2.05, 4.69) is 4.98 Å². The molecule has 0 aliphatic heterocycles. The minimum atomic E-state index is -0.899. The highest BCUT2D eigenvalue weighted by atomic mass is 19.1. The molecule has 20 heavy (non-hydrogen) atoms. The molecular weight excluding hydrogens is 257 g/mol. The number of nitrogens with zero attached hydrogens (tertiary/aromatic N) is 1. The third-order valence-corrected chi connectivity index (χ3v) is 3.25. The summed E-state index contributed by atoms with van der Waals surface area (Å²) < 4.78 is 13.6. The zero-order chi connectivity index (χ0) is 14.4. The molecule has 0 aliphatic carbocycles. The smallest absolute Gasteiger partial charge is 0.306 e. The number of rotatable bonds is 6. The Kier molecular flexibility index (Phi) is 4.82. The van der Waals surface area contributed by atoms with Crippen LogP contribution in [0.3, 0.4) is 0 Å². The van der Waals surface area contributed by atoms with Gasteiger partial charge in [0.15, 0.2) is 0 Å². The Morgan fingerprint density at radius 1 is 1.20 bits per heavy atom. The molecule has 2 aromatic rings. The van der Waals surface area contributed by atoms with Crippen LogP contribution in [0.1, 0.15) is 17.7 Å². The SMILES string of the molecule is O=C(O)C(CCc1ccccn1)Cc1ccccc1F. The number of benzene rings is 1. The molecule has 1 aromatic carbocycles. The molecule has 1 N–H and O–H groups in total. The highest BCUT2D eigenvalue weighted by Gasteiger charge is 2.19. The van der Waals surface area contributed by atoms with Crippen LogP contribution in [0.25, 0.3) is 0 Å². The lowest BCUT2D eigenvalue weighted by Gasteiger charge is -2.12. The fourth-order valence-electron chi connectivity index (χ4n) is 2.11. The van der Waals surface area contributed by atoms with Crippen LogP contribution in [-0.2, 0) is 17.6 Å². The average Bonchev–Trinajstić information content (AvgIpc) is 2.46. The first-order valence-corrected chi connectivity index (χ1v) is 6.53. The van der Waals surface area contributed by atoms with Gasteiger partial charge < -0.3 is 5.11 Å². The van der Waals surface area contributed by atoms with E-state index in [4.69, 9.17) is 0 Å². The third-order valence-electron chi connectivity index (χ3n) is 3.25. The quantitative estimate of drug-likeness (QED) is 0.879. The van der Waals surface area contributed by atoms with Crippen molar-refractivity contribution in [1.29, 1.82) is 0 Å². The average molecular weight is 273 g/mol. The summed E-state index contributed by atoms with van der Waals surface area (Å²) in [5.74, 6) is -1.85. The number of aryl methyl sites for hydroxylation is 1. The number of pyridine rings is 1. The van der Waals surface area contributed by atoms with Gasteiger partial charge in [-0.3, -0.25) is 9.78 Å². The van der Waals surface area contributed by atoms with Gasteiger partial charge in [-0.1, -0.05) is 24.3 Å². The summed E-state index contributed by atoms with van der Waals surface area (Å²) in [6.45, 7) is 0. The van der Waals surface area contributed by atoms with E-state index in [1.165, 1.54) is 6.07 Å². The Morgan fingerprint density at radius 2 is 1.95 bits per heavy atom. The normalized spacial score (nSPS) is 12.1. The molecule has 1 atom stereocenters. The molecule has 0 aliphatic rings. The van der Waals surface area contributed by atoms with Gasteiger partial charge in [-0.2, -0.15) is 0 Å². The molecule has 3 nitrogen and oxygen atoms in total. The van der Waals surface area contributed by atoms with Crippen molar-refractivity contribution >= 4 is 5.97 Å². The van der Waals surface area contributed by atoms with Crippen molar-refractivity contribution in [2.45, 2.75) is 19.3 Å². The molecule has 0 saturated heterocycles. The van der Waals surface area contributed by atoms with Gasteiger partial charge in [0.1, 0.15) is 5.82 Å². The van der Waals surface area contributed by atoms with Crippen molar-refractivity contribution in [3.05, 3.63) is 65.7 Å². The van der Waals surface area contributed by atoms with Gasteiger partial charge in [0.05, 0.1) is 5.92 Å². The summed E-state index contributed by atoms with van der Waals surface area (Å²) in [4.78, 5) is 15.5. The zero-order valence-electron chi connectivity index (χ0n) is 11.0. The Balaban J connectivity index is 2.01. The molecule has 1 aromatic heterocycles. The topological polar surface area (TPSA) is 50.2 Å². The Bertz CT molecular complexity index is 572. The lowest BCUT2D eigenvalue weighted by atomic mass is 9.94. The number of halogens is 1. The molecule has 0 spiro atoms. The van der Waals surface area contributed by atoms with E-state index in [1.807, 2.05) is 18.2 Å². The standard InChI is InChI=1S/C16H16FNO2/c17-15-7-2-1-5-12(15)11-13(16(19)20)8-9-14-6-3-4-10-18-14/h1-7,10,13H,8-9,11H2,(H,19,20). The van der Waals surface area contributed by atoms with E-state index in [1.54, 1.807) is 24.4 Å². The van der Waals surface area contributed by atoms with E-state index in [0.29, 0.717) is 18.4 Å². The van der Waals surface area contributed by atoms with Crippen LogP contribution in [0, 0.1) is 11.7 Å². The van der Waals surface area contributed by atoms with Crippen LogP contribution < -0.4 is 0 Å². The highest BCUT2D eigenvalue weighted by molar-refractivity contribution is 5.70. The lowest BCUT2D eigenvalue weighted by Crippen LogP contribution is -2.18. The third kappa shape index (κ3) is 3.88. The summed E-state index contributed by atoms with van der Waals surface area (Å²) >= 11 is 0. The monoisotopic (exact) mass is 273 g/mol. The number of hydrogen-bond acceptors (Lipinski definition) is 2. The van der Waals surface area contributed by atoms with Crippen molar-refractivity contribution in [1.82, 2.24) is 4.98 Å². The number of carboxylic acids is 1. The molecule has 0 saturated carbocycles. The second-order valence-electron chi connectivity index (χ2n) is 4.69. The Morgan fingerprint density at radius 3 is 2.60 bits per heavy atom. The van der Waals surface area contributed by atoms with Crippen LogP contribution in [0.5, 0.6) is 0 Å². The van der Waals surface area contributed by atoms with Crippen molar-refractivity contribution in [2.75, 3.05) is 0 Å². The first kappa shape index (κ1) is 14.2. The molecule has 4 heteroatoms. The number of aromatic nitrogens is 1. The summed E-state index contributed by atoms with van der Waals surface area (Å²) in [5, 5.41) is 9.26. The maximum Gasteiger partial charge on any atom is 0.306 e. The van der Waals surface area contributed by atoms with E-state index < -0.39 is 11.9 Å². The minimum Gasteiger partial charge on any atom is -0.481 e. The van der Waals surface area contributed by atoms with Crippen LogP contribution in [0.4, 0.5) is 4.39 Å². The molecule has 0 fully saturated rings. The maximum atomic E-state index is 13.6. The lowest BCUT2D eigenvalue weighted by molar-refractivity contribution is -0.141.